The molecule has 2 saturated carbocycles. The van der Waals surface area contributed by atoms with Crippen LogP contribution in [-0.2, 0) is 4.79 Å². The lowest BCUT2D eigenvalue weighted by atomic mass is 9.77. The maximum absolute atomic E-state index is 12.3. The summed E-state index contributed by atoms with van der Waals surface area (Å²) in [4.78, 5) is 12.3. The largest absolute Gasteiger partial charge is 0.353 e. The van der Waals surface area contributed by atoms with Gasteiger partial charge in [0.25, 0.3) is 0 Å². The summed E-state index contributed by atoms with van der Waals surface area (Å²) in [5, 5.41) is 3.24. The van der Waals surface area contributed by atoms with Crippen molar-refractivity contribution in [3.05, 3.63) is 0 Å². The van der Waals surface area contributed by atoms with Gasteiger partial charge in [-0.25, -0.2) is 0 Å². The Hall–Kier alpha value is -0.570. The van der Waals surface area contributed by atoms with Crippen LogP contribution in [0.4, 0.5) is 0 Å². The van der Waals surface area contributed by atoms with Crippen LogP contribution in [-0.4, -0.2) is 18.0 Å². The molecule has 0 spiro atoms. The predicted octanol–water partition coefficient (Wildman–Crippen LogP) is 2.05. The highest BCUT2D eigenvalue weighted by Gasteiger charge is 2.33. The minimum Gasteiger partial charge on any atom is -0.353 e. The van der Waals surface area contributed by atoms with Gasteiger partial charge in [-0.3, -0.25) is 4.79 Å². The molecule has 2 aliphatic carbocycles. The monoisotopic (exact) mass is 238 g/mol. The van der Waals surface area contributed by atoms with Gasteiger partial charge in [0.1, 0.15) is 0 Å². The highest BCUT2D eigenvalue weighted by molar-refractivity contribution is 5.79. The summed E-state index contributed by atoms with van der Waals surface area (Å²) in [6.45, 7) is 4.46. The van der Waals surface area contributed by atoms with E-state index in [0.29, 0.717) is 12.0 Å². The van der Waals surface area contributed by atoms with Crippen LogP contribution < -0.4 is 11.1 Å². The maximum atomic E-state index is 12.3. The zero-order valence-electron chi connectivity index (χ0n) is 11.1. The highest BCUT2D eigenvalue weighted by atomic mass is 16.2. The summed E-state index contributed by atoms with van der Waals surface area (Å²) < 4.78 is 0. The van der Waals surface area contributed by atoms with E-state index in [2.05, 4.69) is 19.2 Å². The molecule has 3 nitrogen and oxygen atoms in total. The van der Waals surface area contributed by atoms with E-state index in [1.807, 2.05) is 0 Å². The van der Waals surface area contributed by atoms with Crippen LogP contribution in [0.1, 0.15) is 52.4 Å². The predicted molar refractivity (Wildman–Crippen MR) is 69.4 cm³/mol. The number of carbonyl (C=O) groups is 1. The first-order valence-corrected chi connectivity index (χ1v) is 7.12. The molecule has 0 heterocycles. The van der Waals surface area contributed by atoms with Gasteiger partial charge in [0.15, 0.2) is 0 Å². The zero-order valence-corrected chi connectivity index (χ0v) is 11.1. The fourth-order valence-electron chi connectivity index (χ4n) is 3.37. The van der Waals surface area contributed by atoms with Gasteiger partial charge >= 0.3 is 0 Å². The van der Waals surface area contributed by atoms with E-state index in [4.69, 9.17) is 5.73 Å². The molecule has 3 N–H and O–H groups in total. The van der Waals surface area contributed by atoms with Crippen LogP contribution in [0.3, 0.4) is 0 Å². The third-order valence-corrected chi connectivity index (χ3v) is 4.61. The fraction of sp³-hybridized carbons (Fsp3) is 0.929. The normalized spacial score (nSPS) is 42.4. The molecule has 0 saturated heterocycles. The first kappa shape index (κ1) is 12.9. The summed E-state index contributed by atoms with van der Waals surface area (Å²) in [7, 11) is 0. The van der Waals surface area contributed by atoms with E-state index >= 15 is 0 Å². The number of hydrogen-bond acceptors (Lipinski definition) is 2. The lowest BCUT2D eigenvalue weighted by Gasteiger charge is -2.32. The average molecular weight is 238 g/mol. The van der Waals surface area contributed by atoms with Gasteiger partial charge in [0, 0.05) is 18.0 Å². The van der Waals surface area contributed by atoms with E-state index in [1.165, 1.54) is 6.42 Å². The van der Waals surface area contributed by atoms with Gasteiger partial charge in [0.2, 0.25) is 5.91 Å². The molecule has 17 heavy (non-hydrogen) atoms. The number of carbonyl (C=O) groups excluding carboxylic acids is 1. The molecule has 0 bridgehead atoms. The van der Waals surface area contributed by atoms with Crippen molar-refractivity contribution < 1.29 is 4.79 Å². The van der Waals surface area contributed by atoms with Crippen LogP contribution in [0.25, 0.3) is 0 Å². The van der Waals surface area contributed by atoms with Crippen molar-refractivity contribution in [2.75, 3.05) is 0 Å². The van der Waals surface area contributed by atoms with Gasteiger partial charge < -0.3 is 11.1 Å². The Morgan fingerprint density at radius 2 is 1.88 bits per heavy atom. The molecule has 1 amide bonds. The Labute approximate surface area is 105 Å². The molecule has 2 fully saturated rings. The summed E-state index contributed by atoms with van der Waals surface area (Å²) in [6, 6.07) is 0.646. The van der Waals surface area contributed by atoms with Crippen molar-refractivity contribution in [1.29, 1.82) is 0 Å². The van der Waals surface area contributed by atoms with Gasteiger partial charge in [-0.1, -0.05) is 13.8 Å². The molecular formula is C14H26N2O. The van der Waals surface area contributed by atoms with Crippen molar-refractivity contribution in [3.63, 3.8) is 0 Å². The summed E-state index contributed by atoms with van der Waals surface area (Å²) >= 11 is 0. The van der Waals surface area contributed by atoms with Crippen LogP contribution in [0.15, 0.2) is 0 Å². The molecule has 5 unspecified atom stereocenters. The number of hydrogen-bond donors (Lipinski definition) is 2. The molecule has 98 valence electrons. The van der Waals surface area contributed by atoms with Crippen molar-refractivity contribution >= 4 is 5.91 Å². The van der Waals surface area contributed by atoms with E-state index in [-0.39, 0.29) is 17.9 Å². The second-order valence-corrected chi connectivity index (χ2v) is 6.28. The summed E-state index contributed by atoms with van der Waals surface area (Å²) in [5.41, 5.74) is 5.98. The van der Waals surface area contributed by atoms with Gasteiger partial charge in [-0.15, -0.1) is 0 Å². The molecule has 0 aliphatic heterocycles. The minimum absolute atomic E-state index is 0.148. The molecule has 2 rings (SSSR count). The Bertz CT molecular complexity index is 279. The minimum atomic E-state index is 0.148. The molecule has 5 atom stereocenters. The van der Waals surface area contributed by atoms with Crippen LogP contribution >= 0.6 is 0 Å². The molecule has 3 heteroatoms. The molecule has 0 radical (unpaired) electrons. The van der Waals surface area contributed by atoms with E-state index in [0.717, 1.165) is 38.0 Å². The SMILES string of the molecule is CC1CCC(NC(=O)C2CC(N)CCC2C)C1. The number of nitrogens with two attached hydrogens (primary N) is 1. The maximum Gasteiger partial charge on any atom is 0.223 e. The first-order chi connectivity index (χ1) is 8.06. The second kappa shape index (κ2) is 5.38. The number of amides is 1. The first-order valence-electron chi connectivity index (χ1n) is 7.12. The molecular weight excluding hydrogens is 212 g/mol. The second-order valence-electron chi connectivity index (χ2n) is 6.28. The lowest BCUT2D eigenvalue weighted by Crippen LogP contribution is -2.44. The summed E-state index contributed by atoms with van der Waals surface area (Å²) in [5.74, 6) is 1.67. The molecule has 2 aliphatic rings. The van der Waals surface area contributed by atoms with Crippen molar-refractivity contribution in [1.82, 2.24) is 5.32 Å². The van der Waals surface area contributed by atoms with Crippen LogP contribution in [0.2, 0.25) is 0 Å². The molecule has 0 aromatic heterocycles. The quantitative estimate of drug-likeness (QED) is 0.773. The topological polar surface area (TPSA) is 55.1 Å². The fourth-order valence-corrected chi connectivity index (χ4v) is 3.37. The van der Waals surface area contributed by atoms with Crippen molar-refractivity contribution in [2.45, 2.75) is 64.5 Å². The Morgan fingerprint density at radius 1 is 1.12 bits per heavy atom. The van der Waals surface area contributed by atoms with E-state index in [1.54, 1.807) is 0 Å². The third kappa shape index (κ3) is 3.21. The Kier molecular flexibility index (Phi) is 4.08. The number of nitrogens with one attached hydrogen (secondary N) is 1. The highest BCUT2D eigenvalue weighted by Crippen LogP contribution is 2.30. The standard InChI is InChI=1S/C14H26N2O/c1-9-3-6-12(7-9)16-14(17)13-8-11(15)5-4-10(13)2/h9-13H,3-8,15H2,1-2H3,(H,16,17). The van der Waals surface area contributed by atoms with Crippen LogP contribution in [0.5, 0.6) is 0 Å². The van der Waals surface area contributed by atoms with Crippen LogP contribution in [0, 0.1) is 17.8 Å². The van der Waals surface area contributed by atoms with Gasteiger partial charge in [-0.2, -0.15) is 0 Å². The summed E-state index contributed by atoms with van der Waals surface area (Å²) in [6.07, 6.45) is 6.60. The Morgan fingerprint density at radius 3 is 2.53 bits per heavy atom. The van der Waals surface area contributed by atoms with Gasteiger partial charge in [0.05, 0.1) is 0 Å². The number of rotatable bonds is 2. The Balaban J connectivity index is 1.86. The van der Waals surface area contributed by atoms with E-state index < -0.39 is 0 Å². The average Bonchev–Trinajstić information content (AvgIpc) is 2.67. The smallest absolute Gasteiger partial charge is 0.223 e. The van der Waals surface area contributed by atoms with Gasteiger partial charge in [-0.05, 0) is 50.4 Å². The molecule has 0 aromatic carbocycles. The lowest BCUT2D eigenvalue weighted by molar-refractivity contribution is -0.128. The van der Waals surface area contributed by atoms with E-state index in [9.17, 15) is 4.79 Å². The molecule has 0 aromatic rings. The van der Waals surface area contributed by atoms with Crippen molar-refractivity contribution in [2.24, 2.45) is 23.5 Å². The van der Waals surface area contributed by atoms with Crippen molar-refractivity contribution in [3.8, 4) is 0 Å². The third-order valence-electron chi connectivity index (χ3n) is 4.61. The zero-order chi connectivity index (χ0) is 12.4.